The van der Waals surface area contributed by atoms with Crippen molar-refractivity contribution in [2.75, 3.05) is 0 Å². The van der Waals surface area contributed by atoms with Gasteiger partial charge in [-0.1, -0.05) is 6.07 Å². The summed E-state index contributed by atoms with van der Waals surface area (Å²) in [6.45, 7) is 6.92. The van der Waals surface area contributed by atoms with Gasteiger partial charge in [0.1, 0.15) is 0 Å². The Balaban J connectivity index is 2.87. The lowest BCUT2D eigenvalue weighted by molar-refractivity contribution is 0.0698. The van der Waals surface area contributed by atoms with Gasteiger partial charge in [0.25, 0.3) is 0 Å². The van der Waals surface area contributed by atoms with E-state index in [0.717, 1.165) is 0 Å². The zero-order valence-corrected chi connectivity index (χ0v) is 7.14. The minimum atomic E-state index is -1.07. The van der Waals surface area contributed by atoms with E-state index < -0.39 is 5.97 Å². The summed E-state index contributed by atoms with van der Waals surface area (Å²) in [4.78, 5) is 14.0. The van der Waals surface area contributed by atoms with Crippen molar-refractivity contribution in [1.82, 2.24) is 4.40 Å². The van der Waals surface area contributed by atoms with Crippen LogP contribution in [0.1, 0.15) is 10.4 Å². The van der Waals surface area contributed by atoms with Gasteiger partial charge in [-0.15, -0.1) is 0 Å². The predicted octanol–water partition coefficient (Wildman–Crippen LogP) is 2.19. The van der Waals surface area contributed by atoms with Gasteiger partial charge < -0.3 is 9.51 Å². The highest BCUT2D eigenvalue weighted by Gasteiger charge is 2.15. The topological polar surface area (TPSA) is 46.1 Å². The molecule has 0 saturated heterocycles. The van der Waals surface area contributed by atoms with E-state index in [-0.39, 0.29) is 11.3 Å². The van der Waals surface area contributed by atoms with E-state index in [4.69, 9.17) is 11.7 Å². The summed E-state index contributed by atoms with van der Waals surface area (Å²) in [5.74, 6) is -1.07. The number of hydrogen-bond acceptors (Lipinski definition) is 1. The van der Waals surface area contributed by atoms with Gasteiger partial charge in [-0.2, -0.15) is 0 Å². The standard InChI is InChI=1S/C10H6N2O2/c1-11-9-7(10(13)14)6-12-5-3-2-4-8(9)12/h2-6H,(H,13,14). The van der Waals surface area contributed by atoms with E-state index in [1.807, 2.05) is 0 Å². The molecule has 2 aromatic rings. The molecule has 2 aromatic heterocycles. The largest absolute Gasteiger partial charge is 0.479 e. The Kier molecular flexibility index (Phi) is 1.72. The minimum Gasteiger partial charge on any atom is -0.479 e. The second kappa shape index (κ2) is 2.89. The minimum absolute atomic E-state index is 0.0474. The third-order valence-electron chi connectivity index (χ3n) is 2.00. The van der Waals surface area contributed by atoms with E-state index in [9.17, 15) is 4.79 Å². The molecule has 0 unspecified atom stereocenters. The molecule has 4 nitrogen and oxygen atoms in total. The summed E-state index contributed by atoms with van der Waals surface area (Å²) < 4.78 is 1.64. The summed E-state index contributed by atoms with van der Waals surface area (Å²) in [6, 6.07) is 5.28. The molecule has 1 N–H and O–H groups in total. The molecule has 0 radical (unpaired) electrons. The molecule has 0 fully saturated rings. The number of fused-ring (bicyclic) bond motifs is 1. The first-order valence-electron chi connectivity index (χ1n) is 3.94. The van der Waals surface area contributed by atoms with Crippen LogP contribution < -0.4 is 0 Å². The molecule has 0 aliphatic heterocycles. The second-order valence-corrected chi connectivity index (χ2v) is 2.80. The Morgan fingerprint density at radius 1 is 1.50 bits per heavy atom. The third kappa shape index (κ3) is 1.04. The fraction of sp³-hybridized carbons (Fsp3) is 0. The van der Waals surface area contributed by atoms with Crippen molar-refractivity contribution in [3.8, 4) is 0 Å². The number of pyridine rings is 1. The molecule has 68 valence electrons. The Morgan fingerprint density at radius 3 is 2.93 bits per heavy atom. The van der Waals surface area contributed by atoms with Crippen molar-refractivity contribution in [2.24, 2.45) is 0 Å². The third-order valence-corrected chi connectivity index (χ3v) is 2.00. The van der Waals surface area contributed by atoms with Crippen LogP contribution >= 0.6 is 0 Å². The number of carbonyl (C=O) groups is 1. The average molecular weight is 186 g/mol. The fourth-order valence-corrected chi connectivity index (χ4v) is 1.38. The molecular weight excluding hydrogens is 180 g/mol. The normalized spacial score (nSPS) is 9.93. The van der Waals surface area contributed by atoms with Gasteiger partial charge in [-0.3, -0.25) is 0 Å². The number of rotatable bonds is 1. The molecule has 0 aromatic carbocycles. The molecule has 14 heavy (non-hydrogen) atoms. The number of hydrogen-bond donors (Lipinski definition) is 1. The van der Waals surface area contributed by atoms with E-state index in [1.54, 1.807) is 28.8 Å². The van der Waals surface area contributed by atoms with Gasteiger partial charge in [0.05, 0.1) is 17.7 Å². The van der Waals surface area contributed by atoms with E-state index >= 15 is 0 Å². The molecule has 0 saturated carbocycles. The Labute approximate surface area is 79.8 Å². The number of carboxylic acid groups (broad SMARTS) is 1. The van der Waals surface area contributed by atoms with Gasteiger partial charge in [0, 0.05) is 12.4 Å². The zero-order chi connectivity index (χ0) is 10.1. The van der Waals surface area contributed by atoms with Crippen LogP contribution in [0.2, 0.25) is 0 Å². The monoisotopic (exact) mass is 186 g/mol. The van der Waals surface area contributed by atoms with E-state index in [1.165, 1.54) is 6.20 Å². The molecule has 0 aliphatic rings. The van der Waals surface area contributed by atoms with Crippen LogP contribution in [0, 0.1) is 6.57 Å². The first-order chi connectivity index (χ1) is 6.74. The van der Waals surface area contributed by atoms with Crippen LogP contribution in [0.5, 0.6) is 0 Å². The molecule has 2 rings (SSSR count). The first-order valence-corrected chi connectivity index (χ1v) is 3.94. The van der Waals surface area contributed by atoms with Gasteiger partial charge >= 0.3 is 5.97 Å². The Bertz CT molecular complexity index is 549. The molecule has 0 bridgehead atoms. The zero-order valence-electron chi connectivity index (χ0n) is 7.14. The SMILES string of the molecule is [C-]#[N+]c1c(C(=O)O)cn2ccccc12. The van der Waals surface area contributed by atoms with Crippen molar-refractivity contribution in [3.63, 3.8) is 0 Å². The Hall–Kier alpha value is -2.28. The van der Waals surface area contributed by atoms with Crippen LogP contribution in [0.15, 0.2) is 30.6 Å². The maximum absolute atomic E-state index is 10.8. The summed E-state index contributed by atoms with van der Waals surface area (Å²) in [6.07, 6.45) is 3.17. The van der Waals surface area contributed by atoms with Crippen molar-refractivity contribution in [3.05, 3.63) is 47.6 Å². The molecule has 4 heteroatoms. The highest BCUT2D eigenvalue weighted by Crippen LogP contribution is 2.27. The molecule has 0 amide bonds. The van der Waals surface area contributed by atoms with Crippen LogP contribution in [0.3, 0.4) is 0 Å². The van der Waals surface area contributed by atoms with Crippen molar-refractivity contribution in [2.45, 2.75) is 0 Å². The summed E-state index contributed by atoms with van der Waals surface area (Å²) in [5.41, 5.74) is 0.865. The maximum atomic E-state index is 10.8. The van der Waals surface area contributed by atoms with E-state index in [0.29, 0.717) is 5.52 Å². The Morgan fingerprint density at radius 2 is 2.29 bits per heavy atom. The summed E-state index contributed by atoms with van der Waals surface area (Å²) >= 11 is 0. The lowest BCUT2D eigenvalue weighted by Crippen LogP contribution is -1.92. The number of nitrogens with zero attached hydrogens (tertiary/aromatic N) is 2. The van der Waals surface area contributed by atoms with Gasteiger partial charge in [0.15, 0.2) is 0 Å². The van der Waals surface area contributed by atoms with Gasteiger partial charge in [-0.25, -0.2) is 9.64 Å². The number of aromatic carboxylic acids is 1. The van der Waals surface area contributed by atoms with Crippen molar-refractivity contribution < 1.29 is 9.90 Å². The highest BCUT2D eigenvalue weighted by molar-refractivity contribution is 6.00. The molecule has 0 spiro atoms. The molecule has 0 atom stereocenters. The van der Waals surface area contributed by atoms with Crippen molar-refractivity contribution in [1.29, 1.82) is 0 Å². The lowest BCUT2D eigenvalue weighted by Gasteiger charge is -1.91. The molecule has 0 aliphatic carbocycles. The molecule has 2 heterocycles. The second-order valence-electron chi connectivity index (χ2n) is 2.80. The number of carboxylic acids is 1. The smallest absolute Gasteiger partial charge is 0.326 e. The van der Waals surface area contributed by atoms with Crippen LogP contribution in [0.4, 0.5) is 5.69 Å². The van der Waals surface area contributed by atoms with E-state index in [2.05, 4.69) is 4.85 Å². The molecular formula is C10H6N2O2. The highest BCUT2D eigenvalue weighted by atomic mass is 16.4. The fourth-order valence-electron chi connectivity index (χ4n) is 1.38. The predicted molar refractivity (Wildman–Crippen MR) is 50.6 cm³/mol. The van der Waals surface area contributed by atoms with Crippen LogP contribution in [-0.4, -0.2) is 15.5 Å². The maximum Gasteiger partial charge on any atom is 0.326 e. The summed E-state index contributed by atoms with van der Waals surface area (Å²) in [5, 5.41) is 8.84. The lowest BCUT2D eigenvalue weighted by atomic mass is 10.2. The van der Waals surface area contributed by atoms with Crippen LogP contribution in [-0.2, 0) is 0 Å². The summed E-state index contributed by atoms with van der Waals surface area (Å²) in [7, 11) is 0. The average Bonchev–Trinajstić information content (AvgIpc) is 2.56. The quantitative estimate of drug-likeness (QED) is 0.694. The number of aromatic nitrogens is 1. The van der Waals surface area contributed by atoms with Crippen molar-refractivity contribution >= 4 is 17.2 Å². The van der Waals surface area contributed by atoms with Gasteiger partial charge in [0.2, 0.25) is 5.69 Å². The van der Waals surface area contributed by atoms with Gasteiger partial charge in [-0.05, 0) is 12.1 Å². The van der Waals surface area contributed by atoms with Crippen LogP contribution in [0.25, 0.3) is 10.4 Å². The first kappa shape index (κ1) is 8.32.